The van der Waals surface area contributed by atoms with Crippen molar-refractivity contribution in [1.82, 2.24) is 4.90 Å². The lowest BCUT2D eigenvalue weighted by atomic mass is 9.88. The summed E-state index contributed by atoms with van der Waals surface area (Å²) >= 11 is 3.36. The van der Waals surface area contributed by atoms with Gasteiger partial charge in [-0.15, -0.1) is 0 Å². The third kappa shape index (κ3) is 3.72. The Balaban J connectivity index is 2.17. The van der Waals surface area contributed by atoms with Gasteiger partial charge < -0.3 is 15.0 Å². The van der Waals surface area contributed by atoms with Gasteiger partial charge in [-0.2, -0.15) is 0 Å². The third-order valence-electron chi connectivity index (χ3n) is 4.14. The molecule has 1 aliphatic heterocycles. The third-order valence-corrected chi connectivity index (χ3v) is 4.63. The summed E-state index contributed by atoms with van der Waals surface area (Å²) in [6.07, 6.45) is 1.82. The van der Waals surface area contributed by atoms with Crippen LogP contribution in [0.25, 0.3) is 0 Å². The van der Waals surface area contributed by atoms with E-state index < -0.39 is 0 Å². The van der Waals surface area contributed by atoms with Gasteiger partial charge in [0.2, 0.25) is 0 Å². The van der Waals surface area contributed by atoms with Crippen LogP contribution in [0.3, 0.4) is 0 Å². The lowest BCUT2D eigenvalue weighted by Gasteiger charge is -2.43. The van der Waals surface area contributed by atoms with Crippen molar-refractivity contribution in [3.05, 3.63) is 32.8 Å². The van der Waals surface area contributed by atoms with E-state index in [1.54, 1.807) is 12.1 Å². The molecule has 0 aliphatic carbocycles. The van der Waals surface area contributed by atoms with Gasteiger partial charge in [0.05, 0.1) is 4.92 Å². The largest absolute Gasteiger partial charge is 0.381 e. The van der Waals surface area contributed by atoms with Crippen LogP contribution in [-0.4, -0.2) is 49.2 Å². The Morgan fingerprint density at radius 2 is 2.10 bits per heavy atom. The fourth-order valence-corrected chi connectivity index (χ4v) is 2.96. The molecule has 0 spiro atoms. The van der Waals surface area contributed by atoms with E-state index >= 15 is 0 Å². The molecule has 2 rings (SSSR count). The maximum atomic E-state index is 11.1. The molecule has 1 saturated heterocycles. The maximum Gasteiger partial charge on any atom is 0.292 e. The molecule has 7 heteroatoms. The van der Waals surface area contributed by atoms with Gasteiger partial charge in [0.1, 0.15) is 5.69 Å². The SMILES string of the molecule is CN(C)C1(CNc2cc(Br)ccc2[N+](=O)[O-])CCOCC1. The van der Waals surface area contributed by atoms with Crippen LogP contribution >= 0.6 is 15.9 Å². The minimum atomic E-state index is -0.360. The van der Waals surface area contributed by atoms with Crippen molar-refractivity contribution in [2.45, 2.75) is 18.4 Å². The Morgan fingerprint density at radius 3 is 2.67 bits per heavy atom. The van der Waals surface area contributed by atoms with Crippen LogP contribution in [0.2, 0.25) is 0 Å². The predicted octanol–water partition coefficient (Wildman–Crippen LogP) is 2.88. The smallest absolute Gasteiger partial charge is 0.292 e. The molecule has 0 bridgehead atoms. The number of hydrogen-bond donors (Lipinski definition) is 1. The van der Waals surface area contributed by atoms with E-state index in [2.05, 4.69) is 26.1 Å². The zero-order valence-corrected chi connectivity index (χ0v) is 13.9. The number of halogens is 1. The summed E-state index contributed by atoms with van der Waals surface area (Å²) in [5, 5.41) is 14.4. The van der Waals surface area contributed by atoms with Crippen molar-refractivity contribution < 1.29 is 9.66 Å². The summed E-state index contributed by atoms with van der Waals surface area (Å²) < 4.78 is 6.26. The van der Waals surface area contributed by atoms with Crippen LogP contribution in [0.4, 0.5) is 11.4 Å². The van der Waals surface area contributed by atoms with Gasteiger partial charge >= 0.3 is 0 Å². The van der Waals surface area contributed by atoms with Gasteiger partial charge in [-0.05, 0) is 39.1 Å². The van der Waals surface area contributed by atoms with E-state index in [-0.39, 0.29) is 16.1 Å². The Hall–Kier alpha value is -1.18. The van der Waals surface area contributed by atoms with Crippen molar-refractivity contribution in [1.29, 1.82) is 0 Å². The Morgan fingerprint density at radius 1 is 1.43 bits per heavy atom. The first-order valence-corrected chi connectivity index (χ1v) is 7.67. The summed E-state index contributed by atoms with van der Waals surface area (Å²) in [4.78, 5) is 12.9. The molecule has 0 amide bonds. The number of nitro groups is 1. The van der Waals surface area contributed by atoms with Crippen LogP contribution in [-0.2, 0) is 4.74 Å². The number of nitrogens with one attached hydrogen (secondary N) is 1. The quantitative estimate of drug-likeness (QED) is 0.648. The van der Waals surface area contributed by atoms with Crippen LogP contribution < -0.4 is 5.32 Å². The number of hydrogen-bond acceptors (Lipinski definition) is 5. The molecule has 0 radical (unpaired) electrons. The predicted molar refractivity (Wildman–Crippen MR) is 85.8 cm³/mol. The first-order chi connectivity index (χ1) is 9.94. The fourth-order valence-electron chi connectivity index (χ4n) is 2.60. The van der Waals surface area contributed by atoms with Gasteiger partial charge in [-0.1, -0.05) is 15.9 Å². The van der Waals surface area contributed by atoms with Gasteiger partial charge in [-0.3, -0.25) is 10.1 Å². The van der Waals surface area contributed by atoms with Crippen molar-refractivity contribution in [2.75, 3.05) is 39.2 Å². The fraction of sp³-hybridized carbons (Fsp3) is 0.571. The highest BCUT2D eigenvalue weighted by Crippen LogP contribution is 2.31. The second-order valence-corrected chi connectivity index (χ2v) is 6.42. The van der Waals surface area contributed by atoms with E-state index in [9.17, 15) is 10.1 Å². The zero-order chi connectivity index (χ0) is 15.5. The normalized spacial score (nSPS) is 17.7. The molecule has 116 valence electrons. The second-order valence-electron chi connectivity index (χ2n) is 5.50. The summed E-state index contributed by atoms with van der Waals surface area (Å²) in [5.74, 6) is 0. The number of benzene rings is 1. The van der Waals surface area contributed by atoms with E-state index in [1.807, 2.05) is 14.1 Å². The highest BCUT2D eigenvalue weighted by Gasteiger charge is 2.35. The topological polar surface area (TPSA) is 67.6 Å². The first kappa shape index (κ1) is 16.2. The van der Waals surface area contributed by atoms with Gasteiger partial charge in [-0.25, -0.2) is 0 Å². The average molecular weight is 358 g/mol. The van der Waals surface area contributed by atoms with Crippen molar-refractivity contribution in [2.24, 2.45) is 0 Å². The zero-order valence-electron chi connectivity index (χ0n) is 12.3. The molecule has 21 heavy (non-hydrogen) atoms. The van der Waals surface area contributed by atoms with E-state index in [1.165, 1.54) is 6.07 Å². The average Bonchev–Trinajstić information content (AvgIpc) is 2.45. The summed E-state index contributed by atoms with van der Waals surface area (Å²) in [6.45, 7) is 2.10. The molecule has 1 heterocycles. The number of nitro benzene ring substituents is 1. The standard InChI is InChI=1S/C14H20BrN3O3/c1-17(2)14(5-7-21-8-6-14)10-16-12-9-11(15)3-4-13(12)18(19)20/h3-4,9,16H,5-8,10H2,1-2H3. The van der Waals surface area contributed by atoms with Crippen LogP contribution in [0, 0.1) is 10.1 Å². The monoisotopic (exact) mass is 357 g/mol. The molecule has 1 aromatic rings. The first-order valence-electron chi connectivity index (χ1n) is 6.88. The van der Waals surface area contributed by atoms with E-state index in [0.717, 1.165) is 30.5 Å². The maximum absolute atomic E-state index is 11.1. The summed E-state index contributed by atoms with van der Waals surface area (Å²) in [6, 6.07) is 4.94. The van der Waals surface area contributed by atoms with Crippen LogP contribution in [0.5, 0.6) is 0 Å². The molecule has 0 saturated carbocycles. The molecule has 1 aliphatic rings. The molecule has 1 aromatic carbocycles. The molecule has 0 unspecified atom stereocenters. The number of likely N-dealkylation sites (N-methyl/N-ethyl adjacent to an activating group) is 1. The minimum absolute atomic E-state index is 0.0333. The highest BCUT2D eigenvalue weighted by atomic mass is 79.9. The van der Waals surface area contributed by atoms with Crippen molar-refractivity contribution in [3.63, 3.8) is 0 Å². The van der Waals surface area contributed by atoms with Crippen LogP contribution in [0.15, 0.2) is 22.7 Å². The van der Waals surface area contributed by atoms with Gasteiger partial charge in [0.15, 0.2) is 0 Å². The molecule has 0 aromatic heterocycles. The molecular formula is C14H20BrN3O3. The molecule has 1 N–H and O–H groups in total. The second kappa shape index (κ2) is 6.72. The minimum Gasteiger partial charge on any atom is -0.381 e. The van der Waals surface area contributed by atoms with Crippen LogP contribution in [0.1, 0.15) is 12.8 Å². The lowest BCUT2D eigenvalue weighted by Crippen LogP contribution is -2.53. The van der Waals surface area contributed by atoms with Gasteiger partial charge in [0, 0.05) is 35.8 Å². The van der Waals surface area contributed by atoms with Crippen molar-refractivity contribution >= 4 is 27.3 Å². The Kier molecular flexibility index (Phi) is 5.18. The molecule has 6 nitrogen and oxygen atoms in total. The van der Waals surface area contributed by atoms with Gasteiger partial charge in [0.25, 0.3) is 5.69 Å². The summed E-state index contributed by atoms with van der Waals surface area (Å²) in [7, 11) is 4.09. The van der Waals surface area contributed by atoms with Crippen molar-refractivity contribution in [3.8, 4) is 0 Å². The highest BCUT2D eigenvalue weighted by molar-refractivity contribution is 9.10. The lowest BCUT2D eigenvalue weighted by molar-refractivity contribution is -0.384. The Labute approximate surface area is 132 Å². The Bertz CT molecular complexity index is 516. The number of nitrogens with zero attached hydrogens (tertiary/aromatic N) is 2. The molecular weight excluding hydrogens is 338 g/mol. The number of anilines is 1. The molecule has 0 atom stereocenters. The summed E-state index contributed by atoms with van der Waals surface area (Å²) in [5.41, 5.74) is 0.607. The molecule has 1 fully saturated rings. The van der Waals surface area contributed by atoms with E-state index in [0.29, 0.717) is 12.2 Å². The number of rotatable bonds is 5. The number of ether oxygens (including phenoxy) is 1. The van der Waals surface area contributed by atoms with E-state index in [4.69, 9.17) is 4.74 Å².